The van der Waals surface area contributed by atoms with Crippen molar-refractivity contribution < 1.29 is 14.3 Å². The molecule has 148 valence electrons. The van der Waals surface area contributed by atoms with E-state index in [2.05, 4.69) is 52.0 Å². The predicted molar refractivity (Wildman–Crippen MR) is 116 cm³/mol. The number of benzene rings is 2. The zero-order valence-corrected chi connectivity index (χ0v) is 17.7. The van der Waals surface area contributed by atoms with E-state index in [1.54, 1.807) is 0 Å². The van der Waals surface area contributed by atoms with Crippen LogP contribution in [0.25, 0.3) is 0 Å². The maximum atomic E-state index is 11.8. The van der Waals surface area contributed by atoms with E-state index in [0.717, 1.165) is 29.5 Å². The molecule has 0 aromatic heterocycles. The quantitative estimate of drug-likeness (QED) is 0.538. The molecule has 0 radical (unpaired) electrons. The second-order valence-corrected chi connectivity index (χ2v) is 9.31. The number of carbonyl (C=O) groups is 1. The van der Waals surface area contributed by atoms with Crippen molar-refractivity contribution in [2.75, 3.05) is 7.11 Å². The van der Waals surface area contributed by atoms with Gasteiger partial charge in [-0.2, -0.15) is 0 Å². The smallest absolute Gasteiger partial charge is 0.309 e. The highest BCUT2D eigenvalue weighted by atomic mass is 16.5. The minimum Gasteiger partial charge on any atom is -0.489 e. The molecule has 2 aromatic rings. The van der Waals surface area contributed by atoms with Gasteiger partial charge < -0.3 is 9.47 Å². The summed E-state index contributed by atoms with van der Waals surface area (Å²) in [5.74, 6) is 0.598. The van der Waals surface area contributed by atoms with Crippen LogP contribution >= 0.6 is 0 Å². The second kappa shape index (κ2) is 8.02. The number of hydrogen-bond acceptors (Lipinski definition) is 3. The van der Waals surface area contributed by atoms with Gasteiger partial charge in [0.05, 0.1) is 13.5 Å². The third kappa shape index (κ3) is 4.60. The first-order valence-electron chi connectivity index (χ1n) is 10.1. The van der Waals surface area contributed by atoms with Crippen LogP contribution in [0.1, 0.15) is 38.8 Å². The normalized spacial score (nSPS) is 17.4. The molecule has 0 saturated carbocycles. The predicted octanol–water partition coefficient (Wildman–Crippen LogP) is 4.75. The highest BCUT2D eigenvalue weighted by Crippen LogP contribution is 2.52. The van der Waals surface area contributed by atoms with E-state index in [0.29, 0.717) is 13.3 Å². The number of ether oxygens (including phenoxy) is 2. The van der Waals surface area contributed by atoms with Crippen LogP contribution in [0.4, 0.5) is 0 Å². The number of carbonyl (C=O) groups excluding carboxylic acids is 1. The highest BCUT2D eigenvalue weighted by Gasteiger charge is 2.48. The van der Waals surface area contributed by atoms with Crippen molar-refractivity contribution in [3.63, 3.8) is 0 Å². The van der Waals surface area contributed by atoms with Gasteiger partial charge >= 0.3 is 5.97 Å². The first-order chi connectivity index (χ1) is 13.2. The van der Waals surface area contributed by atoms with Gasteiger partial charge in [-0.05, 0) is 34.1 Å². The van der Waals surface area contributed by atoms with Gasteiger partial charge in [0.2, 0.25) is 0 Å². The summed E-state index contributed by atoms with van der Waals surface area (Å²) in [5, 5.41) is 0. The van der Waals surface area contributed by atoms with Gasteiger partial charge in [0.25, 0.3) is 0 Å². The standard InChI is InChI=1S/C24H31BO3/c1-23(2)16-25(17-24(23,3)4)20-11-19(13-22(26)27-5)12-21(14-20)28-15-18-9-7-6-8-10-18/h6-12,14H,13,15-17H2,1-5H3. The molecule has 1 heterocycles. The van der Waals surface area contributed by atoms with Gasteiger partial charge in [0.15, 0.2) is 6.71 Å². The van der Waals surface area contributed by atoms with Crippen LogP contribution in [0.5, 0.6) is 5.75 Å². The van der Waals surface area contributed by atoms with Crippen molar-refractivity contribution in [3.05, 3.63) is 59.7 Å². The van der Waals surface area contributed by atoms with E-state index in [-0.39, 0.29) is 23.2 Å². The Hall–Kier alpha value is -2.23. The lowest BCUT2D eigenvalue weighted by Crippen LogP contribution is -2.28. The molecule has 3 nitrogen and oxygen atoms in total. The Kier molecular flexibility index (Phi) is 5.88. The summed E-state index contributed by atoms with van der Waals surface area (Å²) in [6, 6.07) is 16.4. The fourth-order valence-electron chi connectivity index (χ4n) is 4.18. The molecule has 0 atom stereocenters. The Bertz CT molecular complexity index is 811. The van der Waals surface area contributed by atoms with Crippen LogP contribution < -0.4 is 10.2 Å². The highest BCUT2D eigenvalue weighted by molar-refractivity contribution is 6.74. The van der Waals surface area contributed by atoms with E-state index in [1.165, 1.54) is 12.6 Å². The van der Waals surface area contributed by atoms with Gasteiger partial charge in [-0.1, -0.05) is 82.2 Å². The molecule has 0 N–H and O–H groups in total. The van der Waals surface area contributed by atoms with Crippen molar-refractivity contribution >= 4 is 18.1 Å². The zero-order chi connectivity index (χ0) is 20.4. The maximum Gasteiger partial charge on any atom is 0.309 e. The summed E-state index contributed by atoms with van der Waals surface area (Å²) in [6.07, 6.45) is 2.55. The van der Waals surface area contributed by atoms with Crippen molar-refractivity contribution in [1.29, 1.82) is 0 Å². The first kappa shape index (κ1) is 20.5. The SMILES string of the molecule is COC(=O)Cc1cc(OCc2ccccc2)cc(B2CC(C)(C)C(C)(C)C2)c1. The van der Waals surface area contributed by atoms with E-state index >= 15 is 0 Å². The lowest BCUT2D eigenvalue weighted by molar-refractivity contribution is -0.139. The Labute approximate surface area is 169 Å². The molecule has 0 amide bonds. The fraction of sp³-hybridized carbons (Fsp3) is 0.458. The Balaban J connectivity index is 1.86. The molecule has 2 aromatic carbocycles. The summed E-state index contributed by atoms with van der Waals surface area (Å²) < 4.78 is 11.0. The van der Waals surface area contributed by atoms with Crippen LogP contribution in [0.15, 0.2) is 48.5 Å². The molecule has 28 heavy (non-hydrogen) atoms. The first-order valence-corrected chi connectivity index (χ1v) is 10.1. The topological polar surface area (TPSA) is 35.5 Å². The summed E-state index contributed by atoms with van der Waals surface area (Å²) in [6.45, 7) is 10.4. The van der Waals surface area contributed by atoms with E-state index in [1.807, 2.05) is 24.3 Å². The van der Waals surface area contributed by atoms with Crippen molar-refractivity contribution in [1.82, 2.24) is 0 Å². The molecule has 4 heteroatoms. The average Bonchev–Trinajstić information content (AvgIpc) is 2.88. The molecule has 1 aliphatic heterocycles. The van der Waals surface area contributed by atoms with Crippen LogP contribution in [0.2, 0.25) is 12.6 Å². The van der Waals surface area contributed by atoms with Crippen molar-refractivity contribution in [3.8, 4) is 5.75 Å². The molecule has 1 saturated heterocycles. The van der Waals surface area contributed by atoms with Crippen molar-refractivity contribution in [2.45, 2.75) is 53.4 Å². The molecular weight excluding hydrogens is 347 g/mol. The van der Waals surface area contributed by atoms with Crippen LogP contribution in [-0.4, -0.2) is 19.8 Å². The molecule has 1 aliphatic rings. The number of methoxy groups -OCH3 is 1. The van der Waals surface area contributed by atoms with Crippen LogP contribution in [-0.2, 0) is 22.6 Å². The molecule has 0 aliphatic carbocycles. The lowest BCUT2D eigenvalue weighted by atomic mass is 9.42. The lowest BCUT2D eigenvalue weighted by Gasteiger charge is -2.35. The summed E-state index contributed by atoms with van der Waals surface area (Å²) in [4.78, 5) is 11.8. The van der Waals surface area contributed by atoms with Gasteiger partial charge in [-0.25, -0.2) is 0 Å². The van der Waals surface area contributed by atoms with Crippen molar-refractivity contribution in [2.24, 2.45) is 10.8 Å². The number of esters is 1. The number of rotatable bonds is 6. The molecular formula is C24H31BO3. The summed E-state index contributed by atoms with van der Waals surface area (Å²) in [7, 11) is 1.43. The molecule has 1 fully saturated rings. The average molecular weight is 378 g/mol. The van der Waals surface area contributed by atoms with E-state index < -0.39 is 0 Å². The largest absolute Gasteiger partial charge is 0.489 e. The fourth-order valence-corrected chi connectivity index (χ4v) is 4.18. The summed E-state index contributed by atoms with van der Waals surface area (Å²) in [5.41, 5.74) is 3.91. The zero-order valence-electron chi connectivity index (χ0n) is 17.7. The molecule has 0 unspecified atom stereocenters. The monoisotopic (exact) mass is 378 g/mol. The Morgan fingerprint density at radius 3 is 2.21 bits per heavy atom. The van der Waals surface area contributed by atoms with E-state index in [9.17, 15) is 4.79 Å². The van der Waals surface area contributed by atoms with E-state index in [4.69, 9.17) is 9.47 Å². The van der Waals surface area contributed by atoms with Crippen LogP contribution in [0.3, 0.4) is 0 Å². The van der Waals surface area contributed by atoms with Crippen LogP contribution in [0, 0.1) is 10.8 Å². The second-order valence-electron chi connectivity index (χ2n) is 9.31. The Morgan fingerprint density at radius 1 is 0.964 bits per heavy atom. The third-order valence-electron chi connectivity index (χ3n) is 6.63. The summed E-state index contributed by atoms with van der Waals surface area (Å²) >= 11 is 0. The van der Waals surface area contributed by atoms with Gasteiger partial charge in [-0.3, -0.25) is 4.79 Å². The number of hydrogen-bond donors (Lipinski definition) is 0. The van der Waals surface area contributed by atoms with Gasteiger partial charge in [-0.15, -0.1) is 0 Å². The molecule has 3 rings (SSSR count). The minimum absolute atomic E-state index is 0.224. The third-order valence-corrected chi connectivity index (χ3v) is 6.63. The Morgan fingerprint density at radius 2 is 1.61 bits per heavy atom. The van der Waals surface area contributed by atoms with Gasteiger partial charge in [0, 0.05) is 0 Å². The molecule has 0 bridgehead atoms. The minimum atomic E-state index is -0.224. The van der Waals surface area contributed by atoms with Gasteiger partial charge in [0.1, 0.15) is 12.4 Å². The molecule has 0 spiro atoms. The maximum absolute atomic E-state index is 11.8.